The summed E-state index contributed by atoms with van der Waals surface area (Å²) < 4.78 is 32.0. The molecule has 6 nitrogen and oxygen atoms in total. The van der Waals surface area contributed by atoms with Crippen LogP contribution in [0, 0.1) is 18.6 Å². The standard InChI is InChI=1S/C21H23ClF2N4O2/c1-14-16(22)3-2-4-19(14)26-21(25-7-8-28-9-11-30-12-10-28)27-20(29)15-5-6-17(23)18(24)13-15/h2-6,13H,7-12H2,1H3,(H2,25,26,27,29). The Balaban J connectivity index is 1.74. The lowest BCUT2D eigenvalue weighted by Gasteiger charge is -2.25. The van der Waals surface area contributed by atoms with Gasteiger partial charge in [0.05, 0.1) is 19.8 Å². The molecule has 2 N–H and O–H groups in total. The number of carbonyl (C=O) groups excluding carboxylic acids is 1. The topological polar surface area (TPSA) is 66.0 Å². The van der Waals surface area contributed by atoms with Gasteiger partial charge >= 0.3 is 0 Å². The van der Waals surface area contributed by atoms with Crippen LogP contribution in [0.1, 0.15) is 15.9 Å². The molecule has 0 radical (unpaired) electrons. The van der Waals surface area contributed by atoms with Gasteiger partial charge in [-0.15, -0.1) is 0 Å². The van der Waals surface area contributed by atoms with Gasteiger partial charge in [0.15, 0.2) is 11.6 Å². The van der Waals surface area contributed by atoms with Crippen molar-refractivity contribution in [2.45, 2.75) is 6.92 Å². The molecular weight excluding hydrogens is 414 g/mol. The van der Waals surface area contributed by atoms with E-state index in [2.05, 4.69) is 20.5 Å². The number of rotatable bonds is 5. The van der Waals surface area contributed by atoms with Crippen LogP contribution in [0.4, 0.5) is 14.5 Å². The van der Waals surface area contributed by atoms with E-state index in [4.69, 9.17) is 16.3 Å². The highest BCUT2D eigenvalue weighted by molar-refractivity contribution is 6.31. The number of anilines is 1. The zero-order chi connectivity index (χ0) is 21.5. The second-order valence-electron chi connectivity index (χ2n) is 6.80. The highest BCUT2D eigenvalue weighted by Crippen LogP contribution is 2.22. The minimum Gasteiger partial charge on any atom is -0.379 e. The van der Waals surface area contributed by atoms with Gasteiger partial charge < -0.3 is 10.1 Å². The summed E-state index contributed by atoms with van der Waals surface area (Å²) in [5.74, 6) is -2.51. The molecule has 1 aliphatic rings. The van der Waals surface area contributed by atoms with Gasteiger partial charge in [0, 0.05) is 35.9 Å². The third kappa shape index (κ3) is 5.98. The first-order chi connectivity index (χ1) is 14.4. The number of guanidine groups is 1. The number of amides is 1. The molecule has 1 amide bonds. The molecule has 0 aromatic heterocycles. The summed E-state index contributed by atoms with van der Waals surface area (Å²) in [5, 5.41) is 6.28. The molecule has 0 saturated carbocycles. The van der Waals surface area contributed by atoms with E-state index in [-0.39, 0.29) is 11.5 Å². The Hall–Kier alpha value is -2.55. The summed E-state index contributed by atoms with van der Waals surface area (Å²) >= 11 is 6.17. The number of ether oxygens (including phenoxy) is 1. The van der Waals surface area contributed by atoms with Gasteiger partial charge in [0.1, 0.15) is 0 Å². The third-order valence-corrected chi connectivity index (χ3v) is 5.13. The first-order valence-corrected chi connectivity index (χ1v) is 9.95. The molecular formula is C21H23ClF2N4O2. The Kier molecular flexibility index (Phi) is 7.73. The number of hydrogen-bond donors (Lipinski definition) is 2. The fraction of sp³-hybridized carbons (Fsp3) is 0.333. The van der Waals surface area contributed by atoms with E-state index in [1.54, 1.807) is 12.1 Å². The molecule has 160 valence electrons. The van der Waals surface area contributed by atoms with Crippen LogP contribution in [0.15, 0.2) is 41.4 Å². The molecule has 1 aliphatic heterocycles. The average Bonchev–Trinajstić information content (AvgIpc) is 2.74. The summed E-state index contributed by atoms with van der Waals surface area (Å²) in [6, 6.07) is 8.32. The molecule has 9 heteroatoms. The number of carbonyl (C=O) groups is 1. The van der Waals surface area contributed by atoms with Crippen molar-refractivity contribution in [3.63, 3.8) is 0 Å². The summed E-state index contributed by atoms with van der Waals surface area (Å²) in [7, 11) is 0. The van der Waals surface area contributed by atoms with Gasteiger partial charge in [-0.3, -0.25) is 20.0 Å². The van der Waals surface area contributed by atoms with E-state index in [1.807, 2.05) is 13.0 Å². The molecule has 0 bridgehead atoms. The van der Waals surface area contributed by atoms with Gasteiger partial charge in [0.25, 0.3) is 5.91 Å². The van der Waals surface area contributed by atoms with Crippen LogP contribution in [0.5, 0.6) is 0 Å². The first kappa shape index (κ1) is 22.1. The minimum absolute atomic E-state index is 0.0144. The fourth-order valence-corrected chi connectivity index (χ4v) is 3.10. The van der Waals surface area contributed by atoms with Crippen LogP contribution in [0.25, 0.3) is 0 Å². The molecule has 0 unspecified atom stereocenters. The zero-order valence-electron chi connectivity index (χ0n) is 16.6. The molecule has 3 rings (SSSR count). The average molecular weight is 437 g/mol. The third-order valence-electron chi connectivity index (χ3n) is 4.72. The van der Waals surface area contributed by atoms with Crippen LogP contribution in [0.3, 0.4) is 0 Å². The highest BCUT2D eigenvalue weighted by atomic mass is 35.5. The predicted molar refractivity (Wildman–Crippen MR) is 113 cm³/mol. The van der Waals surface area contributed by atoms with Crippen molar-refractivity contribution in [2.24, 2.45) is 4.99 Å². The Bertz CT molecular complexity index is 933. The summed E-state index contributed by atoms with van der Waals surface area (Å²) in [4.78, 5) is 19.2. The van der Waals surface area contributed by atoms with Crippen molar-refractivity contribution < 1.29 is 18.3 Å². The lowest BCUT2D eigenvalue weighted by Crippen LogP contribution is -2.39. The monoisotopic (exact) mass is 436 g/mol. The van der Waals surface area contributed by atoms with Crippen molar-refractivity contribution in [1.29, 1.82) is 0 Å². The van der Waals surface area contributed by atoms with Crippen molar-refractivity contribution in [2.75, 3.05) is 44.7 Å². The SMILES string of the molecule is Cc1c(Cl)cccc1NC(=NCCN1CCOCC1)NC(=O)c1ccc(F)c(F)c1. The summed E-state index contributed by atoms with van der Waals surface area (Å²) in [6.07, 6.45) is 0. The van der Waals surface area contributed by atoms with E-state index in [0.29, 0.717) is 37.0 Å². The number of benzene rings is 2. The number of aliphatic imine (C=N–C) groups is 1. The van der Waals surface area contributed by atoms with Crippen molar-refractivity contribution in [3.8, 4) is 0 Å². The second kappa shape index (κ2) is 10.5. The van der Waals surface area contributed by atoms with E-state index in [0.717, 1.165) is 30.8 Å². The van der Waals surface area contributed by atoms with Crippen molar-refractivity contribution in [3.05, 3.63) is 64.2 Å². The van der Waals surface area contributed by atoms with Crippen LogP contribution in [-0.4, -0.2) is 56.2 Å². The molecule has 2 aromatic rings. The molecule has 0 aliphatic carbocycles. The fourth-order valence-electron chi connectivity index (χ4n) is 2.93. The van der Waals surface area contributed by atoms with E-state index in [1.165, 1.54) is 6.07 Å². The quantitative estimate of drug-likeness (QED) is 0.556. The Labute approximate surface area is 178 Å². The Morgan fingerprint density at radius 2 is 1.97 bits per heavy atom. The molecule has 2 aromatic carbocycles. The Morgan fingerprint density at radius 3 is 2.70 bits per heavy atom. The largest absolute Gasteiger partial charge is 0.379 e. The second-order valence-corrected chi connectivity index (χ2v) is 7.21. The van der Waals surface area contributed by atoms with Gasteiger partial charge in [-0.05, 0) is 42.8 Å². The molecule has 0 spiro atoms. The maximum atomic E-state index is 13.5. The minimum atomic E-state index is -1.09. The van der Waals surface area contributed by atoms with Gasteiger partial charge in [-0.25, -0.2) is 8.78 Å². The highest BCUT2D eigenvalue weighted by Gasteiger charge is 2.14. The number of hydrogen-bond acceptors (Lipinski definition) is 4. The van der Waals surface area contributed by atoms with Crippen LogP contribution < -0.4 is 10.6 Å². The molecule has 1 heterocycles. The smallest absolute Gasteiger partial charge is 0.258 e. The van der Waals surface area contributed by atoms with Crippen LogP contribution in [-0.2, 0) is 4.74 Å². The van der Waals surface area contributed by atoms with Gasteiger partial charge in [0.2, 0.25) is 5.96 Å². The van der Waals surface area contributed by atoms with Crippen molar-refractivity contribution >= 4 is 29.2 Å². The maximum absolute atomic E-state index is 13.5. The maximum Gasteiger partial charge on any atom is 0.258 e. The molecule has 30 heavy (non-hydrogen) atoms. The number of halogens is 3. The first-order valence-electron chi connectivity index (χ1n) is 9.57. The lowest BCUT2D eigenvalue weighted by atomic mass is 10.2. The summed E-state index contributed by atoms with van der Waals surface area (Å²) in [5.41, 5.74) is 1.46. The van der Waals surface area contributed by atoms with Crippen LogP contribution in [0.2, 0.25) is 5.02 Å². The van der Waals surface area contributed by atoms with E-state index >= 15 is 0 Å². The molecule has 0 atom stereocenters. The summed E-state index contributed by atoms with van der Waals surface area (Å²) in [6.45, 7) is 5.99. The normalized spacial score (nSPS) is 15.1. The van der Waals surface area contributed by atoms with E-state index < -0.39 is 17.5 Å². The molecule has 1 fully saturated rings. The number of morpholine rings is 1. The zero-order valence-corrected chi connectivity index (χ0v) is 17.3. The van der Waals surface area contributed by atoms with Gasteiger partial charge in [-0.1, -0.05) is 17.7 Å². The van der Waals surface area contributed by atoms with E-state index in [9.17, 15) is 13.6 Å². The van der Waals surface area contributed by atoms with Gasteiger partial charge in [-0.2, -0.15) is 0 Å². The Morgan fingerprint density at radius 1 is 1.20 bits per heavy atom. The molecule has 1 saturated heterocycles. The predicted octanol–water partition coefficient (Wildman–Crippen LogP) is 3.46. The lowest BCUT2D eigenvalue weighted by molar-refractivity contribution is 0.0394. The van der Waals surface area contributed by atoms with Crippen molar-refractivity contribution in [1.82, 2.24) is 10.2 Å². The van der Waals surface area contributed by atoms with Crippen LogP contribution >= 0.6 is 11.6 Å². The number of nitrogens with one attached hydrogen (secondary N) is 2. The number of nitrogens with zero attached hydrogens (tertiary/aromatic N) is 2.